The highest BCUT2D eigenvalue weighted by Crippen LogP contribution is 2.33. The van der Waals surface area contributed by atoms with Crippen molar-refractivity contribution in [1.29, 1.82) is 0 Å². The van der Waals surface area contributed by atoms with Gasteiger partial charge in [0, 0.05) is 11.7 Å². The van der Waals surface area contributed by atoms with E-state index in [1.807, 2.05) is 13.8 Å². The molecule has 3 rings (SSSR count). The molecule has 1 amide bonds. The third-order valence-corrected chi connectivity index (χ3v) is 6.82. The van der Waals surface area contributed by atoms with E-state index in [9.17, 15) is 13.2 Å². The summed E-state index contributed by atoms with van der Waals surface area (Å²) in [5.74, 6) is 0.654. The van der Waals surface area contributed by atoms with Crippen molar-refractivity contribution in [3.8, 4) is 5.75 Å². The second-order valence-electron chi connectivity index (χ2n) is 6.92. The Hall–Kier alpha value is -1.96. The van der Waals surface area contributed by atoms with E-state index in [0.29, 0.717) is 24.0 Å². The molecule has 9 heteroatoms. The molecular weight excluding hydrogens is 435 g/mol. The summed E-state index contributed by atoms with van der Waals surface area (Å²) in [4.78, 5) is 12.4. The Kier molecular flexibility index (Phi) is 6.61. The first-order valence-electron chi connectivity index (χ1n) is 9.27. The lowest BCUT2D eigenvalue weighted by Crippen LogP contribution is -2.34. The monoisotopic (exact) mass is 456 g/mol. The van der Waals surface area contributed by atoms with Gasteiger partial charge in [-0.2, -0.15) is 0 Å². The lowest BCUT2D eigenvalue weighted by Gasteiger charge is -2.15. The van der Waals surface area contributed by atoms with Gasteiger partial charge in [-0.25, -0.2) is 8.42 Å². The number of hydrogen-bond acceptors (Lipinski definition) is 4. The van der Waals surface area contributed by atoms with Crippen molar-refractivity contribution in [2.24, 2.45) is 5.92 Å². The van der Waals surface area contributed by atoms with Crippen molar-refractivity contribution in [3.63, 3.8) is 0 Å². The predicted octanol–water partition coefficient (Wildman–Crippen LogP) is 4.72. The molecule has 1 atom stereocenters. The lowest BCUT2D eigenvalue weighted by atomic mass is 10.1. The van der Waals surface area contributed by atoms with Gasteiger partial charge in [0.25, 0.3) is 15.9 Å². The van der Waals surface area contributed by atoms with Crippen molar-refractivity contribution in [3.05, 3.63) is 52.0 Å². The number of carbonyl (C=O) groups excluding carboxylic acids is 1. The van der Waals surface area contributed by atoms with E-state index in [1.165, 1.54) is 12.1 Å². The summed E-state index contributed by atoms with van der Waals surface area (Å²) >= 11 is 12.3. The number of rotatable bonds is 8. The van der Waals surface area contributed by atoms with Crippen molar-refractivity contribution in [2.75, 3.05) is 11.3 Å². The number of amides is 1. The highest BCUT2D eigenvalue weighted by Gasteiger charge is 2.30. The van der Waals surface area contributed by atoms with E-state index in [-0.39, 0.29) is 26.5 Å². The quantitative estimate of drug-likeness (QED) is 0.601. The molecule has 1 aliphatic rings. The van der Waals surface area contributed by atoms with Crippen molar-refractivity contribution >= 4 is 44.8 Å². The highest BCUT2D eigenvalue weighted by molar-refractivity contribution is 7.92. The lowest BCUT2D eigenvalue weighted by molar-refractivity contribution is 0.0936. The Morgan fingerprint density at radius 1 is 1.17 bits per heavy atom. The van der Waals surface area contributed by atoms with Crippen LogP contribution in [0, 0.1) is 5.92 Å². The molecule has 0 heterocycles. The molecular formula is C20H22Cl2N2O4S. The van der Waals surface area contributed by atoms with Gasteiger partial charge in [-0.15, -0.1) is 0 Å². The maximum absolute atomic E-state index is 12.9. The standard InChI is InChI=1S/C20H22Cl2N2O4S/c1-3-28-15-8-6-14(7-9-15)24-29(26,27)19-10-16(17(21)11-18(19)22)20(25)23-12(2)13-4-5-13/h6-13,24H,3-5H2,1-2H3,(H,23,25). The molecule has 156 valence electrons. The van der Waals surface area contributed by atoms with Crippen LogP contribution in [0.2, 0.25) is 10.0 Å². The van der Waals surface area contributed by atoms with E-state index in [2.05, 4.69) is 10.0 Å². The molecule has 6 nitrogen and oxygen atoms in total. The number of anilines is 1. The van der Waals surface area contributed by atoms with Gasteiger partial charge >= 0.3 is 0 Å². The minimum absolute atomic E-state index is 0.00344. The van der Waals surface area contributed by atoms with Crippen LogP contribution < -0.4 is 14.8 Å². The molecule has 0 saturated heterocycles. The van der Waals surface area contributed by atoms with Gasteiger partial charge in [-0.3, -0.25) is 9.52 Å². The first kappa shape index (κ1) is 21.7. The molecule has 0 aliphatic heterocycles. The maximum Gasteiger partial charge on any atom is 0.263 e. The number of hydrogen-bond donors (Lipinski definition) is 2. The van der Waals surface area contributed by atoms with E-state index in [1.54, 1.807) is 24.3 Å². The van der Waals surface area contributed by atoms with Crippen LogP contribution in [0.1, 0.15) is 37.0 Å². The molecule has 2 aromatic rings. The van der Waals surface area contributed by atoms with Gasteiger partial charge in [-0.05, 0) is 69.0 Å². The first-order valence-corrected chi connectivity index (χ1v) is 11.5. The number of sulfonamides is 1. The molecule has 0 aromatic heterocycles. The van der Waals surface area contributed by atoms with Gasteiger partial charge in [0.1, 0.15) is 10.6 Å². The zero-order valence-electron chi connectivity index (χ0n) is 16.0. The smallest absolute Gasteiger partial charge is 0.263 e. The van der Waals surface area contributed by atoms with E-state index in [0.717, 1.165) is 12.8 Å². The fourth-order valence-corrected chi connectivity index (χ4v) is 4.82. The molecule has 0 bridgehead atoms. The Bertz CT molecular complexity index is 1010. The highest BCUT2D eigenvalue weighted by atomic mass is 35.5. The molecule has 2 aromatic carbocycles. The second kappa shape index (κ2) is 8.81. The fraction of sp³-hybridized carbons (Fsp3) is 0.350. The summed E-state index contributed by atoms with van der Waals surface area (Å²) in [6.07, 6.45) is 2.14. The number of benzene rings is 2. The Morgan fingerprint density at radius 2 is 1.83 bits per heavy atom. The minimum Gasteiger partial charge on any atom is -0.494 e. The average molecular weight is 457 g/mol. The average Bonchev–Trinajstić information content (AvgIpc) is 3.48. The van der Waals surface area contributed by atoms with Crippen LogP contribution in [0.3, 0.4) is 0 Å². The van der Waals surface area contributed by atoms with Crippen LogP contribution in [0.5, 0.6) is 5.75 Å². The summed E-state index contributed by atoms with van der Waals surface area (Å²) in [6.45, 7) is 4.29. The molecule has 0 spiro atoms. The van der Waals surface area contributed by atoms with Gasteiger partial charge < -0.3 is 10.1 Å². The summed E-state index contributed by atoms with van der Waals surface area (Å²) in [5, 5.41) is 2.89. The van der Waals surface area contributed by atoms with Crippen LogP contribution in [0.15, 0.2) is 41.3 Å². The van der Waals surface area contributed by atoms with Gasteiger partial charge in [0.15, 0.2) is 0 Å². The van der Waals surface area contributed by atoms with E-state index >= 15 is 0 Å². The molecule has 0 radical (unpaired) electrons. The van der Waals surface area contributed by atoms with Crippen LogP contribution in [0.25, 0.3) is 0 Å². The zero-order valence-corrected chi connectivity index (χ0v) is 18.4. The van der Waals surface area contributed by atoms with Gasteiger partial charge in [0.2, 0.25) is 0 Å². The zero-order chi connectivity index (χ0) is 21.2. The number of halogens is 2. The van der Waals surface area contributed by atoms with Crippen molar-refractivity contribution in [2.45, 2.75) is 37.6 Å². The van der Waals surface area contributed by atoms with Gasteiger partial charge in [0.05, 0.1) is 22.2 Å². The summed E-state index contributed by atoms with van der Waals surface area (Å²) in [5.41, 5.74) is 0.406. The largest absolute Gasteiger partial charge is 0.494 e. The molecule has 29 heavy (non-hydrogen) atoms. The van der Waals surface area contributed by atoms with Gasteiger partial charge in [-0.1, -0.05) is 23.2 Å². The van der Waals surface area contributed by atoms with Crippen molar-refractivity contribution < 1.29 is 17.9 Å². The number of carbonyl (C=O) groups is 1. The molecule has 1 fully saturated rings. The topological polar surface area (TPSA) is 84.5 Å². The molecule has 1 aliphatic carbocycles. The fourth-order valence-electron chi connectivity index (χ4n) is 2.90. The summed E-state index contributed by atoms with van der Waals surface area (Å²) in [7, 11) is -4.04. The number of nitrogens with one attached hydrogen (secondary N) is 2. The van der Waals surface area contributed by atoms with E-state index < -0.39 is 15.9 Å². The first-order chi connectivity index (χ1) is 13.7. The maximum atomic E-state index is 12.9. The number of ether oxygens (including phenoxy) is 1. The van der Waals surface area contributed by atoms with Crippen molar-refractivity contribution in [1.82, 2.24) is 5.32 Å². The summed E-state index contributed by atoms with van der Waals surface area (Å²) in [6, 6.07) is 8.94. The second-order valence-corrected chi connectivity index (χ2v) is 9.39. The Balaban J connectivity index is 1.84. The Labute approximate surface area is 180 Å². The summed E-state index contributed by atoms with van der Waals surface area (Å²) < 4.78 is 33.5. The third kappa shape index (κ3) is 5.35. The van der Waals surface area contributed by atoms with E-state index in [4.69, 9.17) is 27.9 Å². The van der Waals surface area contributed by atoms with Crippen LogP contribution in [0.4, 0.5) is 5.69 Å². The molecule has 1 saturated carbocycles. The normalized spacial score (nSPS) is 14.9. The predicted molar refractivity (Wildman–Crippen MR) is 115 cm³/mol. The SMILES string of the molecule is CCOc1ccc(NS(=O)(=O)c2cc(C(=O)NC(C)C3CC3)c(Cl)cc2Cl)cc1. The minimum atomic E-state index is -4.04. The van der Waals surface area contributed by atoms with Crippen LogP contribution in [-0.2, 0) is 10.0 Å². The molecule has 2 N–H and O–H groups in total. The Morgan fingerprint density at radius 3 is 2.41 bits per heavy atom. The molecule has 1 unspecified atom stereocenters. The van der Waals surface area contributed by atoms with Crippen LogP contribution in [-0.4, -0.2) is 27.0 Å². The third-order valence-electron chi connectivity index (χ3n) is 4.66. The van der Waals surface area contributed by atoms with Crippen LogP contribution >= 0.6 is 23.2 Å².